The van der Waals surface area contributed by atoms with Crippen LogP contribution in [0.4, 0.5) is 4.39 Å². The summed E-state index contributed by atoms with van der Waals surface area (Å²) < 4.78 is 19.1. The second-order valence-electron chi connectivity index (χ2n) is 4.39. The van der Waals surface area contributed by atoms with Crippen LogP contribution >= 0.6 is 0 Å². The van der Waals surface area contributed by atoms with Crippen molar-refractivity contribution in [3.05, 3.63) is 35.1 Å². The second kappa shape index (κ2) is 4.45. The van der Waals surface area contributed by atoms with E-state index in [1.165, 1.54) is 13.2 Å². The molecule has 1 atom stereocenters. The highest BCUT2D eigenvalue weighted by Gasteiger charge is 2.39. The number of carbonyl (C=O) groups is 1. The molecule has 1 aliphatic rings. The number of hydrogen-bond donors (Lipinski definition) is 1. The van der Waals surface area contributed by atoms with Crippen LogP contribution in [0.25, 0.3) is 0 Å². The minimum atomic E-state index is -0.927. The highest BCUT2D eigenvalue weighted by atomic mass is 19.1. The number of rotatable bonds is 3. The minimum absolute atomic E-state index is 0.125. The Kier molecular flexibility index (Phi) is 3.15. The van der Waals surface area contributed by atoms with Gasteiger partial charge in [0.1, 0.15) is 11.4 Å². The van der Waals surface area contributed by atoms with E-state index < -0.39 is 11.6 Å². The minimum Gasteiger partial charge on any atom is -0.481 e. The topological polar surface area (TPSA) is 46.5 Å². The number of fused-ring (bicyclic) bond motifs is 1. The highest BCUT2D eigenvalue weighted by Crippen LogP contribution is 2.41. The van der Waals surface area contributed by atoms with Crippen molar-refractivity contribution in [2.24, 2.45) is 0 Å². The molecule has 0 bridgehead atoms. The molecular formula is C13H15FO3. The van der Waals surface area contributed by atoms with Crippen molar-refractivity contribution in [1.29, 1.82) is 0 Å². The van der Waals surface area contributed by atoms with Crippen molar-refractivity contribution in [3.8, 4) is 0 Å². The fourth-order valence-electron chi connectivity index (χ4n) is 2.64. The van der Waals surface area contributed by atoms with Gasteiger partial charge in [-0.25, -0.2) is 4.39 Å². The van der Waals surface area contributed by atoms with Crippen LogP contribution in [0.1, 0.15) is 30.4 Å². The van der Waals surface area contributed by atoms with Gasteiger partial charge in [0, 0.05) is 7.11 Å². The Bertz CT molecular complexity index is 444. The summed E-state index contributed by atoms with van der Waals surface area (Å²) >= 11 is 0. The van der Waals surface area contributed by atoms with Crippen LogP contribution in [-0.2, 0) is 21.6 Å². The van der Waals surface area contributed by atoms with Crippen LogP contribution in [0.5, 0.6) is 0 Å². The highest BCUT2D eigenvalue weighted by molar-refractivity contribution is 5.69. The van der Waals surface area contributed by atoms with Gasteiger partial charge in [0.2, 0.25) is 0 Å². The van der Waals surface area contributed by atoms with E-state index >= 15 is 0 Å². The van der Waals surface area contributed by atoms with Crippen molar-refractivity contribution in [3.63, 3.8) is 0 Å². The van der Waals surface area contributed by atoms with Crippen LogP contribution < -0.4 is 0 Å². The third-order valence-electron chi connectivity index (χ3n) is 3.44. The van der Waals surface area contributed by atoms with Crippen molar-refractivity contribution >= 4 is 5.97 Å². The summed E-state index contributed by atoms with van der Waals surface area (Å²) in [5.74, 6) is -1.20. The molecule has 0 amide bonds. The lowest BCUT2D eigenvalue weighted by molar-refractivity contribution is -0.145. The van der Waals surface area contributed by atoms with Gasteiger partial charge in [-0.05, 0) is 36.5 Å². The van der Waals surface area contributed by atoms with E-state index in [9.17, 15) is 9.18 Å². The van der Waals surface area contributed by atoms with Crippen LogP contribution in [0, 0.1) is 5.82 Å². The molecule has 0 heterocycles. The lowest BCUT2D eigenvalue weighted by Gasteiger charge is -2.37. The van der Waals surface area contributed by atoms with Gasteiger partial charge in [-0.1, -0.05) is 12.1 Å². The molecule has 1 aromatic carbocycles. The second-order valence-corrected chi connectivity index (χ2v) is 4.39. The number of aliphatic carboxylic acids is 1. The fourth-order valence-corrected chi connectivity index (χ4v) is 2.64. The maximum Gasteiger partial charge on any atom is 0.306 e. The summed E-state index contributed by atoms with van der Waals surface area (Å²) in [6.45, 7) is 0. The first-order valence-corrected chi connectivity index (χ1v) is 5.64. The average molecular weight is 238 g/mol. The molecule has 92 valence electrons. The number of hydrogen-bond acceptors (Lipinski definition) is 2. The van der Waals surface area contributed by atoms with Crippen LogP contribution in [0.15, 0.2) is 18.2 Å². The number of halogens is 1. The Morgan fingerprint density at radius 2 is 2.35 bits per heavy atom. The predicted octanol–water partition coefficient (Wildman–Crippen LogP) is 2.48. The van der Waals surface area contributed by atoms with E-state index in [4.69, 9.17) is 9.84 Å². The van der Waals surface area contributed by atoms with E-state index in [0.29, 0.717) is 24.0 Å². The molecule has 1 aliphatic carbocycles. The number of methoxy groups -OCH3 is 1. The third-order valence-corrected chi connectivity index (χ3v) is 3.44. The summed E-state index contributed by atoms with van der Waals surface area (Å²) in [6.07, 6.45) is 1.88. The Labute approximate surface area is 99.2 Å². The molecule has 0 fully saturated rings. The van der Waals surface area contributed by atoms with E-state index in [-0.39, 0.29) is 12.2 Å². The third kappa shape index (κ3) is 2.05. The standard InChI is InChI=1S/C13H15FO3/c1-17-13(8-12(15)16)7-3-4-9-10(13)5-2-6-11(9)14/h2,5-6H,3-4,7-8H2,1H3,(H,15,16). The maximum atomic E-state index is 13.7. The predicted molar refractivity (Wildman–Crippen MR) is 60.3 cm³/mol. The summed E-state index contributed by atoms with van der Waals surface area (Å²) in [5, 5.41) is 8.98. The molecule has 3 nitrogen and oxygen atoms in total. The number of carboxylic acid groups (broad SMARTS) is 1. The van der Waals surface area contributed by atoms with Gasteiger partial charge in [0.05, 0.1) is 6.42 Å². The largest absolute Gasteiger partial charge is 0.481 e. The molecular weight excluding hydrogens is 223 g/mol. The Morgan fingerprint density at radius 1 is 1.59 bits per heavy atom. The molecule has 1 aromatic rings. The van der Waals surface area contributed by atoms with Gasteiger partial charge in [0.25, 0.3) is 0 Å². The number of ether oxygens (including phenoxy) is 1. The Balaban J connectivity index is 2.51. The molecule has 0 saturated heterocycles. The van der Waals surface area contributed by atoms with E-state index in [0.717, 1.165) is 6.42 Å². The van der Waals surface area contributed by atoms with Gasteiger partial charge >= 0.3 is 5.97 Å². The normalized spacial score (nSPS) is 23.2. The molecule has 0 saturated carbocycles. The molecule has 2 rings (SSSR count). The first kappa shape index (κ1) is 12.0. The zero-order valence-electron chi connectivity index (χ0n) is 9.70. The van der Waals surface area contributed by atoms with E-state index in [1.54, 1.807) is 12.1 Å². The lowest BCUT2D eigenvalue weighted by atomic mass is 9.77. The quantitative estimate of drug-likeness (QED) is 0.880. The smallest absolute Gasteiger partial charge is 0.306 e. The van der Waals surface area contributed by atoms with Crippen LogP contribution in [0.2, 0.25) is 0 Å². The zero-order valence-corrected chi connectivity index (χ0v) is 9.70. The monoisotopic (exact) mass is 238 g/mol. The van der Waals surface area contributed by atoms with Gasteiger partial charge in [-0.15, -0.1) is 0 Å². The molecule has 1 N–H and O–H groups in total. The molecule has 1 unspecified atom stereocenters. The van der Waals surface area contributed by atoms with E-state index in [1.807, 2.05) is 0 Å². The number of carboxylic acids is 1. The Morgan fingerprint density at radius 3 is 3.00 bits per heavy atom. The number of benzene rings is 1. The lowest BCUT2D eigenvalue weighted by Crippen LogP contribution is -2.35. The molecule has 4 heteroatoms. The Hall–Kier alpha value is -1.42. The SMILES string of the molecule is COC1(CC(=O)O)CCCc2c(F)cccc21. The molecule has 0 spiro atoms. The van der Waals surface area contributed by atoms with Gasteiger partial charge in [-0.3, -0.25) is 4.79 Å². The van der Waals surface area contributed by atoms with E-state index in [2.05, 4.69) is 0 Å². The molecule has 17 heavy (non-hydrogen) atoms. The molecule has 0 aromatic heterocycles. The first-order chi connectivity index (χ1) is 8.09. The van der Waals surface area contributed by atoms with Gasteiger partial charge in [-0.2, -0.15) is 0 Å². The molecule has 0 aliphatic heterocycles. The van der Waals surface area contributed by atoms with Crippen molar-refractivity contribution in [1.82, 2.24) is 0 Å². The van der Waals surface area contributed by atoms with Crippen molar-refractivity contribution in [2.45, 2.75) is 31.3 Å². The zero-order chi connectivity index (χ0) is 12.5. The fraction of sp³-hybridized carbons (Fsp3) is 0.462. The first-order valence-electron chi connectivity index (χ1n) is 5.64. The van der Waals surface area contributed by atoms with Crippen molar-refractivity contribution in [2.75, 3.05) is 7.11 Å². The summed E-state index contributed by atoms with van der Waals surface area (Å²) in [7, 11) is 1.49. The summed E-state index contributed by atoms with van der Waals surface area (Å²) in [5.41, 5.74) is 0.414. The maximum absolute atomic E-state index is 13.7. The van der Waals surface area contributed by atoms with Crippen molar-refractivity contribution < 1.29 is 19.0 Å². The van der Waals surface area contributed by atoms with Gasteiger partial charge < -0.3 is 9.84 Å². The van der Waals surface area contributed by atoms with Crippen LogP contribution in [0.3, 0.4) is 0 Å². The summed E-state index contributed by atoms with van der Waals surface area (Å²) in [4.78, 5) is 11.0. The summed E-state index contributed by atoms with van der Waals surface area (Å²) in [6, 6.07) is 4.78. The molecule has 0 radical (unpaired) electrons. The average Bonchev–Trinajstić information content (AvgIpc) is 2.30. The van der Waals surface area contributed by atoms with Crippen LogP contribution in [-0.4, -0.2) is 18.2 Å². The van der Waals surface area contributed by atoms with Gasteiger partial charge in [0.15, 0.2) is 0 Å².